The topological polar surface area (TPSA) is 87.7 Å². The quantitative estimate of drug-likeness (QED) is 0.697. The van der Waals surface area contributed by atoms with Crippen molar-refractivity contribution in [3.05, 3.63) is 52.4 Å². The van der Waals surface area contributed by atoms with Gasteiger partial charge in [0.1, 0.15) is 11.0 Å². The van der Waals surface area contributed by atoms with Crippen LogP contribution in [0.2, 0.25) is 0 Å². The van der Waals surface area contributed by atoms with Crippen LogP contribution in [0.3, 0.4) is 0 Å². The number of esters is 1. The van der Waals surface area contributed by atoms with Crippen molar-refractivity contribution in [2.45, 2.75) is 39.3 Å². The molecule has 148 valence electrons. The van der Waals surface area contributed by atoms with Crippen LogP contribution in [-0.2, 0) is 27.3 Å². The smallest absolute Gasteiger partial charge is 0.341 e. The van der Waals surface area contributed by atoms with Gasteiger partial charge in [0.25, 0.3) is 0 Å². The fourth-order valence-corrected chi connectivity index (χ4v) is 3.99. The summed E-state index contributed by atoms with van der Waals surface area (Å²) in [6.07, 6.45) is 0.815. The summed E-state index contributed by atoms with van der Waals surface area (Å²) in [5.41, 5.74) is 4.07. The molecule has 1 fully saturated rings. The lowest BCUT2D eigenvalue weighted by Crippen LogP contribution is -2.43. The Morgan fingerprint density at radius 3 is 2.71 bits per heavy atom. The van der Waals surface area contributed by atoms with Crippen molar-refractivity contribution in [3.8, 4) is 0 Å². The first kappa shape index (κ1) is 20.0. The first-order chi connectivity index (χ1) is 13.5. The molecule has 1 aromatic carbocycles. The Morgan fingerprint density at radius 1 is 1.29 bits per heavy atom. The molecule has 0 aliphatic carbocycles. The predicted octanol–water partition coefficient (Wildman–Crippen LogP) is 2.73. The minimum Gasteiger partial charge on any atom is -0.462 e. The van der Waals surface area contributed by atoms with Crippen LogP contribution in [-0.4, -0.2) is 35.4 Å². The number of nitrogens with zero attached hydrogens (tertiary/aromatic N) is 1. The fourth-order valence-electron chi connectivity index (χ4n) is 3.00. The molecule has 0 saturated carbocycles. The standard InChI is InChI=1S/C20H23N3O4S/c1-3-14-10-15(20(26)27-4-2)19(28-14)21-18(25)16-11-17(24)22-23(16)12-13-8-6-5-7-9-13/h5-10,16H,3-4,11-12H2,1-2H3,(H,21,25)(H,22,24)/t16-/m0/s1. The summed E-state index contributed by atoms with van der Waals surface area (Å²) in [5.74, 6) is -0.998. The number of hydrogen-bond donors (Lipinski definition) is 2. The number of thiophene rings is 1. The van der Waals surface area contributed by atoms with Crippen molar-refractivity contribution in [1.29, 1.82) is 0 Å². The van der Waals surface area contributed by atoms with Gasteiger partial charge >= 0.3 is 5.97 Å². The number of hydrogen-bond acceptors (Lipinski definition) is 6. The van der Waals surface area contributed by atoms with Crippen molar-refractivity contribution < 1.29 is 19.1 Å². The minimum atomic E-state index is -0.657. The van der Waals surface area contributed by atoms with Crippen LogP contribution >= 0.6 is 11.3 Å². The average Bonchev–Trinajstić information content (AvgIpc) is 3.26. The third-order valence-electron chi connectivity index (χ3n) is 4.39. The largest absolute Gasteiger partial charge is 0.462 e. The molecule has 0 spiro atoms. The van der Waals surface area contributed by atoms with Crippen LogP contribution in [0.1, 0.15) is 41.1 Å². The summed E-state index contributed by atoms with van der Waals surface area (Å²) in [7, 11) is 0. The van der Waals surface area contributed by atoms with E-state index in [0.29, 0.717) is 17.1 Å². The second kappa shape index (κ2) is 8.99. The highest BCUT2D eigenvalue weighted by atomic mass is 32.1. The molecular formula is C20H23N3O4S. The van der Waals surface area contributed by atoms with Gasteiger partial charge in [-0.1, -0.05) is 37.3 Å². The lowest BCUT2D eigenvalue weighted by Gasteiger charge is -2.22. The van der Waals surface area contributed by atoms with Gasteiger partial charge in [0.15, 0.2) is 0 Å². The van der Waals surface area contributed by atoms with Gasteiger partial charge in [0.2, 0.25) is 11.8 Å². The number of carbonyl (C=O) groups excluding carboxylic acids is 3. The molecule has 3 rings (SSSR count). The van der Waals surface area contributed by atoms with E-state index in [0.717, 1.165) is 16.9 Å². The van der Waals surface area contributed by atoms with Gasteiger partial charge in [-0.15, -0.1) is 11.3 Å². The van der Waals surface area contributed by atoms with Crippen LogP contribution in [0, 0.1) is 0 Å². The Morgan fingerprint density at radius 2 is 2.04 bits per heavy atom. The van der Waals surface area contributed by atoms with Crippen molar-refractivity contribution in [2.24, 2.45) is 0 Å². The Bertz CT molecular complexity index is 866. The maximum Gasteiger partial charge on any atom is 0.341 e. The maximum atomic E-state index is 12.9. The molecule has 0 radical (unpaired) electrons. The first-order valence-corrected chi connectivity index (χ1v) is 10.0. The molecule has 1 aliphatic heterocycles. The van der Waals surface area contributed by atoms with Crippen molar-refractivity contribution >= 4 is 34.1 Å². The number of anilines is 1. The van der Waals surface area contributed by atoms with Gasteiger partial charge in [0, 0.05) is 11.4 Å². The molecule has 2 amide bonds. The second-order valence-corrected chi connectivity index (χ2v) is 7.52. The fraction of sp³-hybridized carbons (Fsp3) is 0.350. The molecule has 0 bridgehead atoms. The van der Waals surface area contributed by atoms with Crippen LogP contribution in [0.25, 0.3) is 0 Å². The molecular weight excluding hydrogens is 378 g/mol. The van der Waals surface area contributed by atoms with Gasteiger partial charge < -0.3 is 10.1 Å². The molecule has 8 heteroatoms. The number of aryl methyl sites for hydroxylation is 1. The van der Waals surface area contributed by atoms with E-state index in [9.17, 15) is 14.4 Å². The van der Waals surface area contributed by atoms with Crippen molar-refractivity contribution in [3.63, 3.8) is 0 Å². The number of hydrazine groups is 1. The van der Waals surface area contributed by atoms with Crippen molar-refractivity contribution in [2.75, 3.05) is 11.9 Å². The van der Waals surface area contributed by atoms with Crippen molar-refractivity contribution in [1.82, 2.24) is 10.4 Å². The monoisotopic (exact) mass is 401 g/mol. The Labute approximate surface area is 167 Å². The van der Waals surface area contributed by atoms with E-state index < -0.39 is 12.0 Å². The summed E-state index contributed by atoms with van der Waals surface area (Å²) < 4.78 is 5.09. The van der Waals surface area contributed by atoms with E-state index in [2.05, 4.69) is 10.7 Å². The number of amides is 2. The zero-order valence-corrected chi connectivity index (χ0v) is 16.7. The third kappa shape index (κ3) is 4.58. The van der Waals surface area contributed by atoms with Gasteiger partial charge in [-0.05, 0) is 25.0 Å². The van der Waals surface area contributed by atoms with Crippen LogP contribution in [0.5, 0.6) is 0 Å². The number of carbonyl (C=O) groups is 3. The van der Waals surface area contributed by atoms with Gasteiger partial charge in [-0.2, -0.15) is 0 Å². The zero-order chi connectivity index (χ0) is 20.1. The number of ether oxygens (including phenoxy) is 1. The van der Waals surface area contributed by atoms with E-state index in [1.165, 1.54) is 11.3 Å². The summed E-state index contributed by atoms with van der Waals surface area (Å²) >= 11 is 1.35. The number of nitrogens with one attached hydrogen (secondary N) is 2. The van der Waals surface area contributed by atoms with E-state index in [1.807, 2.05) is 37.3 Å². The Kier molecular flexibility index (Phi) is 6.43. The molecule has 2 aromatic rings. The summed E-state index contributed by atoms with van der Waals surface area (Å²) in [6.45, 7) is 4.39. The molecule has 1 aromatic heterocycles. The molecule has 0 unspecified atom stereocenters. The van der Waals surface area contributed by atoms with E-state index in [4.69, 9.17) is 4.74 Å². The molecule has 28 heavy (non-hydrogen) atoms. The first-order valence-electron chi connectivity index (χ1n) is 9.22. The number of benzene rings is 1. The second-order valence-electron chi connectivity index (χ2n) is 6.39. The summed E-state index contributed by atoms with van der Waals surface area (Å²) in [6, 6.07) is 10.7. The average molecular weight is 401 g/mol. The SMILES string of the molecule is CCOC(=O)c1cc(CC)sc1NC(=O)[C@@H]1CC(=O)NN1Cc1ccccc1. The highest BCUT2D eigenvalue weighted by Gasteiger charge is 2.36. The molecule has 1 saturated heterocycles. The molecule has 7 nitrogen and oxygen atoms in total. The molecule has 2 heterocycles. The van der Waals surface area contributed by atoms with E-state index >= 15 is 0 Å². The van der Waals surface area contributed by atoms with Gasteiger partial charge in [0.05, 0.1) is 18.6 Å². The minimum absolute atomic E-state index is 0.0689. The summed E-state index contributed by atoms with van der Waals surface area (Å²) in [5, 5.41) is 4.92. The summed E-state index contributed by atoms with van der Waals surface area (Å²) in [4.78, 5) is 38.0. The lowest BCUT2D eigenvalue weighted by molar-refractivity contribution is -0.121. The van der Waals surface area contributed by atoms with Gasteiger partial charge in [-0.25, -0.2) is 9.80 Å². The normalized spacial score (nSPS) is 16.6. The molecule has 2 N–H and O–H groups in total. The third-order valence-corrected chi connectivity index (χ3v) is 5.58. The van der Waals surface area contributed by atoms with Crippen LogP contribution < -0.4 is 10.7 Å². The zero-order valence-electron chi connectivity index (χ0n) is 15.9. The highest BCUT2D eigenvalue weighted by Crippen LogP contribution is 2.30. The van der Waals surface area contributed by atoms with E-state index in [1.54, 1.807) is 18.0 Å². The Balaban J connectivity index is 1.76. The van der Waals surface area contributed by atoms with Crippen LogP contribution in [0.15, 0.2) is 36.4 Å². The van der Waals surface area contributed by atoms with E-state index in [-0.39, 0.29) is 24.8 Å². The maximum absolute atomic E-state index is 12.9. The van der Waals surface area contributed by atoms with Crippen LogP contribution in [0.4, 0.5) is 5.00 Å². The molecule has 1 aliphatic rings. The predicted molar refractivity (Wildman–Crippen MR) is 107 cm³/mol. The van der Waals surface area contributed by atoms with Gasteiger partial charge in [-0.3, -0.25) is 15.0 Å². The Hall–Kier alpha value is -2.71. The lowest BCUT2D eigenvalue weighted by atomic mass is 10.1. The highest BCUT2D eigenvalue weighted by molar-refractivity contribution is 7.16. The number of rotatable bonds is 7. The molecule has 1 atom stereocenters.